The number of benzene rings is 2. The Hall–Kier alpha value is -2.07. The summed E-state index contributed by atoms with van der Waals surface area (Å²) in [6, 6.07) is 20.4. The summed E-state index contributed by atoms with van der Waals surface area (Å²) in [5, 5.41) is 0. The van der Waals surface area contributed by atoms with Gasteiger partial charge in [-0.25, -0.2) is 0 Å². The number of ketones is 1. The molecule has 0 atom stereocenters. The highest BCUT2D eigenvalue weighted by Gasteiger charge is 2.22. The van der Waals surface area contributed by atoms with E-state index in [9.17, 15) is 4.79 Å². The molecule has 1 aliphatic rings. The Morgan fingerprint density at radius 3 is 1.79 bits per heavy atom. The summed E-state index contributed by atoms with van der Waals surface area (Å²) in [7, 11) is 2.07. The van der Waals surface area contributed by atoms with E-state index >= 15 is 0 Å². The van der Waals surface area contributed by atoms with Gasteiger partial charge in [-0.05, 0) is 23.5 Å². The van der Waals surface area contributed by atoms with Crippen molar-refractivity contribution in [2.75, 3.05) is 5.75 Å². The number of carbonyl (C=O) groups is 1. The van der Waals surface area contributed by atoms with Gasteiger partial charge in [-0.15, -0.1) is 11.8 Å². The van der Waals surface area contributed by atoms with E-state index < -0.39 is 0 Å². The van der Waals surface area contributed by atoms with Crippen LogP contribution in [0.2, 0.25) is 0 Å². The molecular weight excluding hydrogens is 361 g/mol. The lowest BCUT2D eigenvalue weighted by atomic mass is 9.68. The van der Waals surface area contributed by atoms with Gasteiger partial charge in [0.25, 0.3) is 0 Å². The third kappa shape index (κ3) is 8.31. The predicted octanol–water partition coefficient (Wildman–Crippen LogP) is 6.74. The molecule has 2 nitrogen and oxygen atoms in total. The average Bonchev–Trinajstić information content (AvgIpc) is 3.13. The largest absolute Gasteiger partial charge is 0.299 e. The van der Waals surface area contributed by atoms with E-state index in [1.807, 2.05) is 36.4 Å². The number of aliphatic imine (C=N–C) groups is 1. The summed E-state index contributed by atoms with van der Waals surface area (Å²) in [5.74, 6) is 0.620. The van der Waals surface area contributed by atoms with Gasteiger partial charge in [-0.1, -0.05) is 101 Å². The molecule has 0 fully saturated rings. The highest BCUT2D eigenvalue weighted by Crippen LogP contribution is 2.33. The summed E-state index contributed by atoms with van der Waals surface area (Å²) < 4.78 is 0. The van der Waals surface area contributed by atoms with Crippen LogP contribution in [0.25, 0.3) is 11.2 Å². The Bertz CT molecular complexity index is 768. The minimum atomic E-state index is 0.163. The number of Topliss-reactive ketones (excluding diaryl/α,β-unsaturated/α-hetero) is 1. The molecule has 3 rings (SSSR count). The fraction of sp³-hybridized carbons (Fsp3) is 0.333. The lowest BCUT2D eigenvalue weighted by molar-refractivity contribution is -0.114. The maximum absolute atomic E-state index is 11.2. The van der Waals surface area contributed by atoms with Crippen molar-refractivity contribution >= 4 is 40.9 Å². The molecule has 2 aromatic rings. The molecule has 1 heterocycles. The Balaban J connectivity index is 0.000000582. The summed E-state index contributed by atoms with van der Waals surface area (Å²) in [6.45, 7) is 10.1. The van der Waals surface area contributed by atoms with Gasteiger partial charge < -0.3 is 0 Å². The summed E-state index contributed by atoms with van der Waals surface area (Å²) in [4.78, 5) is 16.8. The van der Waals surface area contributed by atoms with Crippen molar-refractivity contribution in [2.24, 2.45) is 4.99 Å². The minimum Gasteiger partial charge on any atom is -0.299 e. The Morgan fingerprint density at radius 2 is 1.32 bits per heavy atom. The van der Waals surface area contributed by atoms with Gasteiger partial charge in [0.15, 0.2) is 0 Å². The molecule has 4 heteroatoms. The van der Waals surface area contributed by atoms with Crippen molar-refractivity contribution < 1.29 is 4.79 Å². The lowest BCUT2D eigenvalue weighted by Gasteiger charge is -2.06. The van der Waals surface area contributed by atoms with Crippen LogP contribution in [0.15, 0.2) is 65.7 Å². The molecule has 0 N–H and O–H groups in total. The molecular formula is C24H31BNOS. The average molecular weight is 392 g/mol. The molecule has 1 aliphatic heterocycles. The predicted molar refractivity (Wildman–Crippen MR) is 128 cm³/mol. The fourth-order valence-electron chi connectivity index (χ4n) is 2.30. The number of nitrogens with zero attached hydrogens (tertiary/aromatic N) is 1. The Morgan fingerprint density at radius 1 is 0.857 bits per heavy atom. The van der Waals surface area contributed by atoms with E-state index in [-0.39, 0.29) is 5.78 Å². The SMILES string of the molecule is CC(=O)CSC1=NC(c2ccccc2)=C(c2ccccc2)[B]1.CCC.CCC. The fourth-order valence-corrected chi connectivity index (χ4v) is 3.01. The van der Waals surface area contributed by atoms with E-state index in [1.54, 1.807) is 6.92 Å². The Labute approximate surface area is 175 Å². The van der Waals surface area contributed by atoms with E-state index in [0.29, 0.717) is 5.75 Å². The zero-order valence-electron chi connectivity index (χ0n) is 17.7. The summed E-state index contributed by atoms with van der Waals surface area (Å²) >= 11 is 1.49. The first-order valence-corrected chi connectivity index (χ1v) is 11.0. The van der Waals surface area contributed by atoms with Crippen LogP contribution < -0.4 is 0 Å². The van der Waals surface area contributed by atoms with Crippen molar-refractivity contribution in [2.45, 2.75) is 47.5 Å². The first kappa shape index (κ1) is 24.0. The first-order valence-electron chi connectivity index (χ1n) is 9.97. The number of thioether (sulfide) groups is 1. The van der Waals surface area contributed by atoms with Crippen molar-refractivity contribution in [1.82, 2.24) is 0 Å². The molecule has 0 spiro atoms. The third-order valence-corrected chi connectivity index (χ3v) is 4.36. The van der Waals surface area contributed by atoms with Gasteiger partial charge in [0.1, 0.15) is 5.78 Å². The molecule has 0 bridgehead atoms. The second-order valence-electron chi connectivity index (χ2n) is 6.49. The minimum absolute atomic E-state index is 0.163. The zero-order valence-corrected chi connectivity index (χ0v) is 18.6. The van der Waals surface area contributed by atoms with Crippen LogP contribution in [0.1, 0.15) is 58.6 Å². The van der Waals surface area contributed by atoms with Crippen molar-refractivity contribution in [1.29, 1.82) is 0 Å². The van der Waals surface area contributed by atoms with Crippen molar-refractivity contribution in [3.05, 3.63) is 71.8 Å². The summed E-state index contributed by atoms with van der Waals surface area (Å²) in [5.41, 5.74) is 4.32. The van der Waals surface area contributed by atoms with Crippen molar-refractivity contribution in [3.8, 4) is 0 Å². The number of hydrogen-bond acceptors (Lipinski definition) is 3. The molecule has 28 heavy (non-hydrogen) atoms. The maximum atomic E-state index is 11.2. The normalized spacial score (nSPS) is 12.1. The molecule has 0 aliphatic carbocycles. The number of rotatable bonds is 4. The molecule has 0 amide bonds. The highest BCUT2D eigenvalue weighted by molar-refractivity contribution is 8.17. The van der Waals surface area contributed by atoms with Gasteiger partial charge in [-0.2, -0.15) is 0 Å². The van der Waals surface area contributed by atoms with Crippen LogP contribution in [-0.2, 0) is 4.79 Å². The smallest absolute Gasteiger partial charge is 0.229 e. The lowest BCUT2D eigenvalue weighted by Crippen LogP contribution is -2.06. The second kappa shape index (κ2) is 14.0. The molecule has 0 saturated heterocycles. The molecule has 1 radical (unpaired) electrons. The van der Waals surface area contributed by atoms with Gasteiger partial charge in [0.05, 0.1) is 11.4 Å². The second-order valence-corrected chi connectivity index (χ2v) is 7.49. The molecule has 0 unspecified atom stereocenters. The monoisotopic (exact) mass is 392 g/mol. The summed E-state index contributed by atoms with van der Waals surface area (Å²) in [6.07, 6.45) is 2.50. The topological polar surface area (TPSA) is 29.4 Å². The standard InChI is InChI=1S/C18H15BNOS.2C3H8/c1-13(21)12-22-18-19-16(14-8-4-2-5-9-14)17(20-18)15-10-6-3-7-11-15;2*1-3-2/h2-11H,12H2,1H3;2*3H2,1-2H3. The van der Waals surface area contributed by atoms with E-state index in [0.717, 1.165) is 27.2 Å². The number of hydrogen-bond donors (Lipinski definition) is 0. The third-order valence-electron chi connectivity index (χ3n) is 3.30. The molecule has 0 saturated carbocycles. The van der Waals surface area contributed by atoms with Gasteiger partial charge >= 0.3 is 0 Å². The van der Waals surface area contributed by atoms with E-state index in [1.165, 1.54) is 24.6 Å². The van der Waals surface area contributed by atoms with Gasteiger partial charge in [0, 0.05) is 4.94 Å². The maximum Gasteiger partial charge on any atom is 0.229 e. The van der Waals surface area contributed by atoms with E-state index in [2.05, 4.69) is 59.2 Å². The van der Waals surface area contributed by atoms with Crippen LogP contribution >= 0.6 is 11.8 Å². The van der Waals surface area contributed by atoms with Crippen LogP contribution in [0.5, 0.6) is 0 Å². The zero-order chi connectivity index (χ0) is 20.8. The first-order chi connectivity index (χ1) is 13.6. The van der Waals surface area contributed by atoms with Crippen LogP contribution in [0.4, 0.5) is 0 Å². The van der Waals surface area contributed by atoms with Crippen molar-refractivity contribution in [3.63, 3.8) is 0 Å². The molecule has 2 aromatic carbocycles. The quantitative estimate of drug-likeness (QED) is 0.539. The van der Waals surface area contributed by atoms with Gasteiger partial charge in [-0.3, -0.25) is 9.79 Å². The van der Waals surface area contributed by atoms with Crippen LogP contribution in [-0.4, -0.2) is 23.8 Å². The van der Waals surface area contributed by atoms with Crippen LogP contribution in [0, 0.1) is 0 Å². The molecule has 0 aromatic heterocycles. The van der Waals surface area contributed by atoms with E-state index in [4.69, 9.17) is 4.99 Å². The van der Waals surface area contributed by atoms with Crippen LogP contribution in [0.3, 0.4) is 0 Å². The number of carbonyl (C=O) groups excluding carboxylic acids is 1. The highest BCUT2D eigenvalue weighted by atomic mass is 32.2. The molecule has 147 valence electrons. The van der Waals surface area contributed by atoms with Gasteiger partial charge in [0.2, 0.25) is 7.28 Å². The Kier molecular flexibility index (Phi) is 12.0.